The predicted octanol–water partition coefficient (Wildman–Crippen LogP) is 4.68. The Morgan fingerprint density at radius 3 is 2.71 bits per heavy atom. The van der Waals surface area contributed by atoms with E-state index < -0.39 is 0 Å². The van der Waals surface area contributed by atoms with Gasteiger partial charge in [-0.15, -0.1) is 11.3 Å². The summed E-state index contributed by atoms with van der Waals surface area (Å²) < 4.78 is 10.8. The summed E-state index contributed by atoms with van der Waals surface area (Å²) in [4.78, 5) is 29.1. The number of fused-ring (bicyclic) bond motifs is 1. The number of hydrogen-bond donors (Lipinski definition) is 2. The number of thiophene rings is 1. The molecule has 1 aliphatic heterocycles. The normalized spacial score (nSPS) is 12.9. The van der Waals surface area contributed by atoms with Crippen LogP contribution in [-0.4, -0.2) is 37.0 Å². The molecule has 0 bridgehead atoms. The quantitative estimate of drug-likeness (QED) is 0.480. The number of amides is 2. The molecular weight excluding hydrogens is 450 g/mol. The largest absolute Gasteiger partial charge is 0.497 e. The van der Waals surface area contributed by atoms with Gasteiger partial charge >= 0.3 is 0 Å². The first-order chi connectivity index (χ1) is 16.3. The Labute approximate surface area is 203 Å². The molecule has 0 fully saturated rings. The van der Waals surface area contributed by atoms with Crippen LogP contribution in [0.15, 0.2) is 48.5 Å². The predicted molar refractivity (Wildman–Crippen MR) is 135 cm³/mol. The van der Waals surface area contributed by atoms with Gasteiger partial charge in [-0.3, -0.25) is 9.59 Å². The molecule has 0 spiro atoms. The van der Waals surface area contributed by atoms with Gasteiger partial charge in [0.05, 0.1) is 29.9 Å². The molecule has 0 radical (unpaired) electrons. The third-order valence-electron chi connectivity index (χ3n) is 5.85. The average molecular weight is 480 g/mol. The minimum atomic E-state index is -0.189. The highest BCUT2D eigenvalue weighted by molar-refractivity contribution is 7.14. The minimum absolute atomic E-state index is 0.0489. The lowest BCUT2D eigenvalue weighted by atomic mass is 10.0. The first-order valence-corrected chi connectivity index (χ1v) is 12.0. The van der Waals surface area contributed by atoms with Crippen LogP contribution in [0.2, 0.25) is 0 Å². The molecule has 178 valence electrons. The van der Waals surface area contributed by atoms with Crippen molar-refractivity contribution in [2.45, 2.75) is 32.7 Å². The second kappa shape index (κ2) is 10.2. The number of hydrogen-bond acceptors (Lipinski definition) is 6. The number of rotatable bonds is 7. The summed E-state index contributed by atoms with van der Waals surface area (Å²) in [5.74, 6) is 1.31. The van der Waals surface area contributed by atoms with Crippen molar-refractivity contribution in [2.75, 3.05) is 31.3 Å². The fraction of sp³-hybridized carbons (Fsp3) is 0.308. The van der Waals surface area contributed by atoms with E-state index in [2.05, 4.69) is 19.2 Å². The van der Waals surface area contributed by atoms with E-state index >= 15 is 0 Å². The van der Waals surface area contributed by atoms with Crippen LogP contribution in [-0.2, 0) is 17.8 Å². The van der Waals surface area contributed by atoms with Crippen LogP contribution in [0.25, 0.3) is 0 Å². The van der Waals surface area contributed by atoms with Crippen molar-refractivity contribution in [3.8, 4) is 11.5 Å². The van der Waals surface area contributed by atoms with E-state index in [4.69, 9.17) is 15.2 Å². The summed E-state index contributed by atoms with van der Waals surface area (Å²) in [7, 11) is 1.59. The number of ether oxygens (including phenoxy) is 2. The Morgan fingerprint density at radius 1 is 1.15 bits per heavy atom. The van der Waals surface area contributed by atoms with E-state index in [9.17, 15) is 9.59 Å². The van der Waals surface area contributed by atoms with Gasteiger partial charge in [-0.2, -0.15) is 0 Å². The highest BCUT2D eigenvalue weighted by Gasteiger charge is 2.25. The highest BCUT2D eigenvalue weighted by Crippen LogP contribution is 2.30. The van der Waals surface area contributed by atoms with Crippen LogP contribution in [0, 0.1) is 0 Å². The lowest BCUT2D eigenvalue weighted by Crippen LogP contribution is -2.38. The van der Waals surface area contributed by atoms with Crippen molar-refractivity contribution in [1.29, 1.82) is 0 Å². The van der Waals surface area contributed by atoms with Crippen LogP contribution >= 0.6 is 11.3 Å². The third kappa shape index (κ3) is 5.34. The van der Waals surface area contributed by atoms with Gasteiger partial charge in [0.15, 0.2) is 6.61 Å². The lowest BCUT2D eigenvalue weighted by molar-refractivity contribution is -0.134. The Bertz CT molecular complexity index is 1200. The van der Waals surface area contributed by atoms with E-state index in [1.807, 2.05) is 36.4 Å². The summed E-state index contributed by atoms with van der Waals surface area (Å²) in [6, 6.07) is 14.8. The van der Waals surface area contributed by atoms with E-state index in [0.717, 1.165) is 16.0 Å². The third-order valence-corrected chi connectivity index (χ3v) is 7.02. The molecule has 2 heterocycles. The summed E-state index contributed by atoms with van der Waals surface area (Å²) in [6.07, 6.45) is 0.703. The molecule has 34 heavy (non-hydrogen) atoms. The molecule has 0 atom stereocenters. The van der Waals surface area contributed by atoms with Gasteiger partial charge in [-0.25, -0.2) is 0 Å². The molecule has 2 amide bonds. The number of carbonyl (C=O) groups excluding carboxylic acids is 2. The Morgan fingerprint density at radius 2 is 1.94 bits per heavy atom. The van der Waals surface area contributed by atoms with Gasteiger partial charge < -0.3 is 25.4 Å². The molecule has 7 nitrogen and oxygen atoms in total. The fourth-order valence-electron chi connectivity index (χ4n) is 3.80. The first kappa shape index (κ1) is 23.6. The van der Waals surface area contributed by atoms with Crippen LogP contribution in [0.1, 0.15) is 45.4 Å². The van der Waals surface area contributed by atoms with Gasteiger partial charge in [0, 0.05) is 17.5 Å². The number of benzene rings is 2. The lowest BCUT2D eigenvalue weighted by Gasteiger charge is -2.26. The van der Waals surface area contributed by atoms with E-state index in [-0.39, 0.29) is 18.4 Å². The van der Waals surface area contributed by atoms with Crippen LogP contribution in [0.4, 0.5) is 11.4 Å². The fourth-order valence-corrected chi connectivity index (χ4v) is 4.92. The summed E-state index contributed by atoms with van der Waals surface area (Å²) >= 11 is 1.42. The Balaban J connectivity index is 1.39. The van der Waals surface area contributed by atoms with Crippen LogP contribution in [0.3, 0.4) is 0 Å². The number of nitrogens with one attached hydrogen (secondary N) is 1. The molecule has 0 saturated carbocycles. The van der Waals surface area contributed by atoms with Gasteiger partial charge in [-0.1, -0.05) is 26.0 Å². The van der Waals surface area contributed by atoms with Crippen LogP contribution in [0.5, 0.6) is 11.5 Å². The van der Waals surface area contributed by atoms with Crippen molar-refractivity contribution in [3.63, 3.8) is 0 Å². The topological polar surface area (TPSA) is 93.9 Å². The number of nitrogen functional groups attached to an aromatic ring is 1. The summed E-state index contributed by atoms with van der Waals surface area (Å²) in [6.45, 7) is 5.21. The molecular formula is C26H29N3O4S. The highest BCUT2D eigenvalue weighted by atomic mass is 32.1. The molecule has 3 aromatic rings. The molecule has 8 heteroatoms. The van der Waals surface area contributed by atoms with E-state index in [1.54, 1.807) is 24.1 Å². The number of anilines is 2. The molecule has 0 unspecified atom stereocenters. The SMILES string of the molecule is COc1cccc(OCC(=O)N2CCc3cc(C(=O)Nc4cc(C(C)C)ccc4N)sc3C2)c1. The number of carbonyl (C=O) groups is 2. The smallest absolute Gasteiger partial charge is 0.265 e. The second-order valence-corrected chi connectivity index (χ2v) is 9.68. The second-order valence-electron chi connectivity index (χ2n) is 8.55. The molecule has 0 aliphatic carbocycles. The molecule has 1 aromatic heterocycles. The van der Waals surface area contributed by atoms with Gasteiger partial charge in [0.25, 0.3) is 11.8 Å². The van der Waals surface area contributed by atoms with Crippen molar-refractivity contribution in [3.05, 3.63) is 69.4 Å². The monoisotopic (exact) mass is 479 g/mol. The maximum atomic E-state index is 12.9. The zero-order valence-electron chi connectivity index (χ0n) is 19.6. The molecule has 3 N–H and O–H groups in total. The van der Waals surface area contributed by atoms with Crippen molar-refractivity contribution in [2.24, 2.45) is 0 Å². The number of nitrogens with zero attached hydrogens (tertiary/aromatic N) is 1. The van der Waals surface area contributed by atoms with Crippen molar-refractivity contribution < 1.29 is 19.1 Å². The van der Waals surface area contributed by atoms with Gasteiger partial charge in [0.2, 0.25) is 0 Å². The maximum Gasteiger partial charge on any atom is 0.265 e. The maximum absolute atomic E-state index is 12.9. The average Bonchev–Trinajstić information content (AvgIpc) is 3.27. The van der Waals surface area contributed by atoms with E-state index in [0.29, 0.717) is 53.2 Å². The standard InChI is InChI=1S/C26H29N3O4S/c1-16(2)17-7-8-21(27)22(11-17)28-26(31)23-12-18-9-10-29(14-24(18)34-23)25(30)15-33-20-6-4-5-19(13-20)32-3/h4-8,11-13,16H,9-10,14-15,27H2,1-3H3,(H,28,31). The van der Waals surface area contributed by atoms with E-state index in [1.165, 1.54) is 11.3 Å². The zero-order valence-corrected chi connectivity index (χ0v) is 20.4. The molecule has 1 aliphatic rings. The van der Waals surface area contributed by atoms with Crippen LogP contribution < -0.4 is 20.5 Å². The molecule has 0 saturated heterocycles. The van der Waals surface area contributed by atoms with Gasteiger partial charge in [0.1, 0.15) is 11.5 Å². The first-order valence-electron chi connectivity index (χ1n) is 11.2. The summed E-state index contributed by atoms with van der Waals surface area (Å²) in [5, 5.41) is 2.95. The zero-order chi connectivity index (χ0) is 24.2. The minimum Gasteiger partial charge on any atom is -0.497 e. The van der Waals surface area contributed by atoms with Gasteiger partial charge in [-0.05, 0) is 53.8 Å². The van der Waals surface area contributed by atoms with Crippen molar-refractivity contribution in [1.82, 2.24) is 4.90 Å². The summed E-state index contributed by atoms with van der Waals surface area (Å²) in [5.41, 5.74) is 9.45. The number of nitrogens with two attached hydrogens (primary N) is 1. The Kier molecular flexibility index (Phi) is 7.07. The van der Waals surface area contributed by atoms with Crippen molar-refractivity contribution >= 4 is 34.5 Å². The molecule has 4 rings (SSSR count). The number of methoxy groups -OCH3 is 1. The molecule has 2 aromatic carbocycles. The Hall–Kier alpha value is -3.52.